The minimum absolute atomic E-state index is 0.207. The maximum Gasteiger partial charge on any atom is 0.124 e. The summed E-state index contributed by atoms with van der Waals surface area (Å²) in [4.78, 5) is 0. The lowest BCUT2D eigenvalue weighted by atomic mass is 10.2. The summed E-state index contributed by atoms with van der Waals surface area (Å²) in [5, 5.41) is 3.37. The highest BCUT2D eigenvalue weighted by molar-refractivity contribution is 9.10. The smallest absolute Gasteiger partial charge is 0.124 e. The molecule has 0 radical (unpaired) electrons. The third-order valence-electron chi connectivity index (χ3n) is 2.86. The number of hydrogen-bond acceptors (Lipinski definition) is 1. The molecule has 0 aliphatic heterocycles. The lowest BCUT2D eigenvalue weighted by molar-refractivity contribution is 0.622. The number of halogens is 2. The van der Waals surface area contributed by atoms with E-state index in [9.17, 15) is 4.39 Å². The minimum Gasteiger partial charge on any atom is -0.350 e. The third kappa shape index (κ3) is 4.48. The van der Waals surface area contributed by atoms with Crippen molar-refractivity contribution in [2.24, 2.45) is 0 Å². The summed E-state index contributed by atoms with van der Waals surface area (Å²) in [5.74, 6) is -0.207. The molecule has 0 atom stereocenters. The van der Waals surface area contributed by atoms with Crippen LogP contribution in [0.4, 0.5) is 4.39 Å². The van der Waals surface area contributed by atoms with Crippen molar-refractivity contribution in [1.82, 2.24) is 9.88 Å². The molecule has 4 heteroatoms. The number of nitrogens with zero attached hydrogens (tertiary/aromatic N) is 1. The van der Waals surface area contributed by atoms with E-state index in [1.165, 1.54) is 11.6 Å². The summed E-state index contributed by atoms with van der Waals surface area (Å²) in [7, 11) is 0. The average molecular weight is 325 g/mol. The molecule has 0 bridgehead atoms. The summed E-state index contributed by atoms with van der Waals surface area (Å²) in [6.45, 7) is 4.75. The van der Waals surface area contributed by atoms with Gasteiger partial charge in [0.25, 0.3) is 0 Å². The molecule has 102 valence electrons. The van der Waals surface area contributed by atoms with Crippen molar-refractivity contribution < 1.29 is 4.39 Å². The normalized spacial score (nSPS) is 10.9. The van der Waals surface area contributed by atoms with Gasteiger partial charge in [0, 0.05) is 30.0 Å². The fraction of sp³-hybridized carbons (Fsp3) is 0.333. The van der Waals surface area contributed by atoms with Crippen LogP contribution < -0.4 is 5.32 Å². The summed E-state index contributed by atoms with van der Waals surface area (Å²) < 4.78 is 16.1. The topological polar surface area (TPSA) is 17.0 Å². The van der Waals surface area contributed by atoms with Crippen molar-refractivity contribution in [2.45, 2.75) is 26.4 Å². The van der Waals surface area contributed by atoms with Gasteiger partial charge in [0.2, 0.25) is 0 Å². The molecule has 19 heavy (non-hydrogen) atoms. The first kappa shape index (κ1) is 14.3. The second-order valence-electron chi connectivity index (χ2n) is 4.65. The third-order valence-corrected chi connectivity index (χ3v) is 3.31. The van der Waals surface area contributed by atoms with Crippen LogP contribution in [0.2, 0.25) is 0 Å². The van der Waals surface area contributed by atoms with Gasteiger partial charge in [0.1, 0.15) is 5.82 Å². The van der Waals surface area contributed by atoms with E-state index in [2.05, 4.69) is 45.0 Å². The van der Waals surface area contributed by atoms with E-state index >= 15 is 0 Å². The first-order valence-electron chi connectivity index (χ1n) is 6.47. The van der Waals surface area contributed by atoms with Crippen LogP contribution in [0.3, 0.4) is 0 Å². The molecule has 0 spiro atoms. The van der Waals surface area contributed by atoms with Gasteiger partial charge >= 0.3 is 0 Å². The van der Waals surface area contributed by atoms with E-state index in [1.54, 1.807) is 6.07 Å². The predicted octanol–water partition coefficient (Wildman–Crippen LogP) is 3.94. The Labute approximate surface area is 121 Å². The standard InChI is InChI=1S/C15H18BrFN2/c1-2-4-18-9-12-3-5-19(10-12)11-13-6-14(16)8-15(17)7-13/h3,5-8,10,18H,2,4,9,11H2,1H3. The summed E-state index contributed by atoms with van der Waals surface area (Å²) >= 11 is 3.31. The molecule has 1 N–H and O–H groups in total. The van der Waals surface area contributed by atoms with Crippen LogP contribution in [0.5, 0.6) is 0 Å². The molecule has 2 aromatic rings. The van der Waals surface area contributed by atoms with E-state index in [0.717, 1.165) is 29.5 Å². The Bertz CT molecular complexity index is 516. The SMILES string of the molecule is CCCNCc1ccn(Cc2cc(F)cc(Br)c2)c1. The van der Waals surface area contributed by atoms with Crippen LogP contribution in [0, 0.1) is 5.82 Å². The van der Waals surface area contributed by atoms with Crippen LogP contribution >= 0.6 is 15.9 Å². The van der Waals surface area contributed by atoms with E-state index in [4.69, 9.17) is 0 Å². The minimum atomic E-state index is -0.207. The van der Waals surface area contributed by atoms with Crippen molar-refractivity contribution in [3.05, 3.63) is 58.1 Å². The lowest BCUT2D eigenvalue weighted by Gasteiger charge is -2.05. The van der Waals surface area contributed by atoms with Crippen molar-refractivity contribution >= 4 is 15.9 Å². The van der Waals surface area contributed by atoms with E-state index in [1.807, 2.05) is 12.3 Å². The first-order chi connectivity index (χ1) is 9.17. The largest absolute Gasteiger partial charge is 0.350 e. The molecule has 1 aromatic heterocycles. The molecule has 2 nitrogen and oxygen atoms in total. The molecule has 0 aliphatic rings. The van der Waals surface area contributed by atoms with Gasteiger partial charge in [-0.1, -0.05) is 22.9 Å². The molecular formula is C15H18BrFN2. The Morgan fingerprint density at radius 2 is 2.11 bits per heavy atom. The van der Waals surface area contributed by atoms with Gasteiger partial charge in [-0.15, -0.1) is 0 Å². The van der Waals surface area contributed by atoms with E-state index in [-0.39, 0.29) is 5.82 Å². The summed E-state index contributed by atoms with van der Waals surface area (Å²) in [5.41, 5.74) is 2.21. The molecular weight excluding hydrogens is 307 g/mol. The molecule has 1 heterocycles. The highest BCUT2D eigenvalue weighted by atomic mass is 79.9. The van der Waals surface area contributed by atoms with E-state index < -0.39 is 0 Å². The molecule has 0 aliphatic carbocycles. The molecule has 0 fully saturated rings. The average Bonchev–Trinajstić information content (AvgIpc) is 2.76. The van der Waals surface area contributed by atoms with E-state index in [0.29, 0.717) is 6.54 Å². The Hall–Kier alpha value is -1.13. The maximum atomic E-state index is 13.3. The zero-order valence-electron chi connectivity index (χ0n) is 11.0. The number of aromatic nitrogens is 1. The Morgan fingerprint density at radius 3 is 2.84 bits per heavy atom. The molecule has 0 unspecified atom stereocenters. The fourth-order valence-electron chi connectivity index (χ4n) is 2.02. The second kappa shape index (κ2) is 6.87. The summed E-state index contributed by atoms with van der Waals surface area (Å²) in [6.07, 6.45) is 5.27. The van der Waals surface area contributed by atoms with Gasteiger partial charge in [-0.3, -0.25) is 0 Å². The molecule has 2 rings (SSSR count). The number of benzene rings is 1. The van der Waals surface area contributed by atoms with Gasteiger partial charge in [0.15, 0.2) is 0 Å². The monoisotopic (exact) mass is 324 g/mol. The highest BCUT2D eigenvalue weighted by Crippen LogP contribution is 2.16. The van der Waals surface area contributed by atoms with Crippen molar-refractivity contribution in [1.29, 1.82) is 0 Å². The zero-order chi connectivity index (χ0) is 13.7. The van der Waals surface area contributed by atoms with Gasteiger partial charge in [-0.05, 0) is 48.4 Å². The molecule has 1 aromatic carbocycles. The second-order valence-corrected chi connectivity index (χ2v) is 5.56. The first-order valence-corrected chi connectivity index (χ1v) is 7.27. The van der Waals surface area contributed by atoms with Gasteiger partial charge in [-0.2, -0.15) is 0 Å². The number of hydrogen-bond donors (Lipinski definition) is 1. The van der Waals surface area contributed by atoms with Crippen LogP contribution in [-0.2, 0) is 13.1 Å². The van der Waals surface area contributed by atoms with Gasteiger partial charge < -0.3 is 9.88 Å². The number of rotatable bonds is 6. The summed E-state index contributed by atoms with van der Waals surface area (Å²) in [6, 6.07) is 7.08. The molecule has 0 saturated carbocycles. The lowest BCUT2D eigenvalue weighted by Crippen LogP contribution is -2.13. The Kier molecular flexibility index (Phi) is 5.16. The number of nitrogens with one attached hydrogen (secondary N) is 1. The predicted molar refractivity (Wildman–Crippen MR) is 79.6 cm³/mol. The highest BCUT2D eigenvalue weighted by Gasteiger charge is 2.01. The van der Waals surface area contributed by atoms with Crippen LogP contribution in [-0.4, -0.2) is 11.1 Å². The Morgan fingerprint density at radius 1 is 1.26 bits per heavy atom. The zero-order valence-corrected chi connectivity index (χ0v) is 12.6. The fourth-order valence-corrected chi connectivity index (χ4v) is 2.53. The Balaban J connectivity index is 1.99. The van der Waals surface area contributed by atoms with Crippen LogP contribution in [0.25, 0.3) is 0 Å². The van der Waals surface area contributed by atoms with Crippen molar-refractivity contribution in [3.63, 3.8) is 0 Å². The maximum absolute atomic E-state index is 13.3. The van der Waals surface area contributed by atoms with Crippen molar-refractivity contribution in [3.8, 4) is 0 Å². The van der Waals surface area contributed by atoms with Crippen LogP contribution in [0.15, 0.2) is 41.1 Å². The quantitative estimate of drug-likeness (QED) is 0.796. The van der Waals surface area contributed by atoms with Gasteiger partial charge in [-0.25, -0.2) is 4.39 Å². The van der Waals surface area contributed by atoms with Crippen molar-refractivity contribution in [2.75, 3.05) is 6.54 Å². The molecule has 0 saturated heterocycles. The van der Waals surface area contributed by atoms with Crippen LogP contribution in [0.1, 0.15) is 24.5 Å². The molecule has 0 amide bonds. The van der Waals surface area contributed by atoms with Gasteiger partial charge in [0.05, 0.1) is 0 Å².